The second kappa shape index (κ2) is 11.1. The summed E-state index contributed by atoms with van der Waals surface area (Å²) < 4.78 is 38.3. The highest BCUT2D eigenvalue weighted by molar-refractivity contribution is 8.33. The Kier molecular flexibility index (Phi) is 7.26. The predicted octanol–water partition coefficient (Wildman–Crippen LogP) is 7.55. The summed E-state index contributed by atoms with van der Waals surface area (Å²) in [7, 11) is -8.38. The van der Waals surface area contributed by atoms with Crippen LogP contribution in [0.4, 0.5) is 0 Å². The van der Waals surface area contributed by atoms with Gasteiger partial charge >= 0.3 is 0 Å². The molecule has 0 radical (unpaired) electrons. The summed E-state index contributed by atoms with van der Waals surface area (Å²) in [5, 5.41) is 4.29. The number of hydrogen-bond acceptors (Lipinski definition) is 3. The average molecular weight is 631 g/mol. The molecule has 0 bridgehead atoms. The number of hydrogen-bond donors (Lipinski definition) is 0. The minimum Gasteiger partial charge on any atom is -0.453 e. The maximum absolute atomic E-state index is 15.6. The first kappa shape index (κ1) is 28.7. The van der Waals surface area contributed by atoms with Crippen molar-refractivity contribution in [2.45, 2.75) is 9.79 Å². The summed E-state index contributed by atoms with van der Waals surface area (Å²) in [6, 6.07) is 50.8. The molecule has 1 aliphatic rings. The summed E-state index contributed by atoms with van der Waals surface area (Å²) in [4.78, 5) is 2.06. The summed E-state index contributed by atoms with van der Waals surface area (Å²) in [6.07, 6.45) is 4.49. The molecule has 0 spiro atoms. The third-order valence-electron chi connectivity index (χ3n) is 8.38. The molecular formula is C38H32O3P2S. The Hall–Kier alpha value is -4.07. The van der Waals surface area contributed by atoms with Crippen molar-refractivity contribution in [1.82, 2.24) is 0 Å². The van der Waals surface area contributed by atoms with Crippen LogP contribution in [0.5, 0.6) is 11.5 Å². The van der Waals surface area contributed by atoms with E-state index in [1.165, 1.54) is 0 Å². The van der Waals surface area contributed by atoms with E-state index >= 15 is 9.13 Å². The zero-order valence-electron chi connectivity index (χ0n) is 24.5. The van der Waals surface area contributed by atoms with E-state index in [1.807, 2.05) is 146 Å². The van der Waals surface area contributed by atoms with Gasteiger partial charge in [-0.1, -0.05) is 133 Å². The van der Waals surface area contributed by atoms with Gasteiger partial charge in [-0.2, -0.15) is 10.0 Å². The topological polar surface area (TPSA) is 43.4 Å². The Bertz CT molecular complexity index is 1830. The van der Waals surface area contributed by atoms with Crippen LogP contribution in [0.15, 0.2) is 168 Å². The molecule has 0 fully saturated rings. The number of fused-ring (bicyclic) bond motifs is 2. The zero-order valence-corrected chi connectivity index (χ0v) is 27.1. The molecule has 6 heteroatoms. The molecule has 0 aromatic heterocycles. The van der Waals surface area contributed by atoms with Crippen LogP contribution in [0.3, 0.4) is 0 Å². The van der Waals surface area contributed by atoms with Gasteiger partial charge in [-0.15, -0.1) is 0 Å². The molecule has 218 valence electrons. The SMILES string of the molecule is CS1(C)c2cccc(P(=O)(c3ccccc3)c3ccccc3)c2Oc2c(P(=O)(c3ccccc3)c3ccccc3)cccc21. The first-order valence-corrected chi connectivity index (χ1v) is 20.3. The fraction of sp³-hybridized carbons (Fsp3) is 0.0526. The highest BCUT2D eigenvalue weighted by Gasteiger charge is 2.42. The quantitative estimate of drug-likeness (QED) is 0.179. The van der Waals surface area contributed by atoms with Crippen LogP contribution in [-0.4, -0.2) is 12.5 Å². The fourth-order valence-corrected chi connectivity index (χ4v) is 14.2. The summed E-state index contributed by atoms with van der Waals surface area (Å²) >= 11 is 0. The van der Waals surface area contributed by atoms with E-state index in [1.54, 1.807) is 0 Å². The van der Waals surface area contributed by atoms with Crippen LogP contribution in [0, 0.1) is 0 Å². The summed E-state index contributed by atoms with van der Waals surface area (Å²) in [6.45, 7) is 0. The van der Waals surface area contributed by atoms with E-state index in [0.717, 1.165) is 31.0 Å². The summed E-state index contributed by atoms with van der Waals surface area (Å²) in [5.41, 5.74) is 0. The maximum atomic E-state index is 15.6. The molecule has 6 aromatic carbocycles. The predicted molar refractivity (Wildman–Crippen MR) is 188 cm³/mol. The van der Waals surface area contributed by atoms with Crippen molar-refractivity contribution in [2.75, 3.05) is 12.5 Å². The van der Waals surface area contributed by atoms with Gasteiger partial charge in [0.1, 0.15) is 0 Å². The molecule has 1 aliphatic heterocycles. The molecule has 3 nitrogen and oxygen atoms in total. The molecule has 6 aromatic rings. The van der Waals surface area contributed by atoms with Gasteiger partial charge in [0, 0.05) is 31.0 Å². The molecule has 0 saturated heterocycles. The standard InChI is InChI=1S/C38H32O3P2S/c1-44(2)35-27-15-25-33(42(39,29-17-7-3-8-18-29)30-19-9-4-10-20-30)37(35)41-38-34(26-16-28-36(38)44)43(40,31-21-11-5-12-22-31)32-23-13-6-14-24-32/h3-28H,1-2H3. The molecule has 0 atom stereocenters. The smallest absolute Gasteiger partial charge is 0.174 e. The van der Waals surface area contributed by atoms with E-state index in [2.05, 4.69) is 24.6 Å². The molecule has 7 rings (SSSR count). The van der Waals surface area contributed by atoms with Crippen molar-refractivity contribution < 1.29 is 13.9 Å². The van der Waals surface area contributed by atoms with Crippen LogP contribution in [0.2, 0.25) is 0 Å². The van der Waals surface area contributed by atoms with Crippen LogP contribution in [0.25, 0.3) is 0 Å². The van der Waals surface area contributed by atoms with Gasteiger partial charge in [-0.25, -0.2) is 0 Å². The third-order valence-corrected chi connectivity index (χ3v) is 17.4. The van der Waals surface area contributed by atoms with E-state index in [0.29, 0.717) is 22.1 Å². The molecular weight excluding hydrogens is 598 g/mol. The van der Waals surface area contributed by atoms with E-state index in [4.69, 9.17) is 4.74 Å². The fourth-order valence-electron chi connectivity index (χ4n) is 6.14. The number of benzene rings is 6. The molecule has 0 unspecified atom stereocenters. The van der Waals surface area contributed by atoms with Gasteiger partial charge in [0.15, 0.2) is 25.8 Å². The van der Waals surface area contributed by atoms with Gasteiger partial charge in [-0.3, -0.25) is 0 Å². The van der Waals surface area contributed by atoms with Gasteiger partial charge in [-0.05, 0) is 36.8 Å². The van der Waals surface area contributed by atoms with E-state index in [9.17, 15) is 0 Å². The Morgan fingerprint density at radius 2 is 0.705 bits per heavy atom. The van der Waals surface area contributed by atoms with Crippen molar-refractivity contribution in [3.8, 4) is 11.5 Å². The van der Waals surface area contributed by atoms with Crippen LogP contribution in [0.1, 0.15) is 0 Å². The molecule has 44 heavy (non-hydrogen) atoms. The van der Waals surface area contributed by atoms with Crippen molar-refractivity contribution in [3.63, 3.8) is 0 Å². The minimum atomic E-state index is -3.36. The van der Waals surface area contributed by atoms with Crippen LogP contribution >= 0.6 is 24.3 Å². The Balaban J connectivity index is 1.52. The normalized spacial score (nSPS) is 14.5. The van der Waals surface area contributed by atoms with Crippen LogP contribution in [-0.2, 0) is 9.13 Å². The van der Waals surface area contributed by atoms with Gasteiger partial charge in [0.05, 0.1) is 10.6 Å². The highest BCUT2D eigenvalue weighted by Crippen LogP contribution is 2.67. The van der Waals surface area contributed by atoms with Gasteiger partial charge in [0.25, 0.3) is 0 Å². The van der Waals surface area contributed by atoms with Crippen molar-refractivity contribution >= 4 is 56.1 Å². The third kappa shape index (κ3) is 4.44. The maximum Gasteiger partial charge on any atom is 0.174 e. The van der Waals surface area contributed by atoms with Crippen molar-refractivity contribution in [2.24, 2.45) is 0 Å². The average Bonchev–Trinajstić information content (AvgIpc) is 3.09. The molecule has 0 saturated carbocycles. The number of rotatable bonds is 6. The number of para-hydroxylation sites is 2. The second-order valence-electron chi connectivity index (χ2n) is 11.2. The zero-order chi connectivity index (χ0) is 30.4. The highest BCUT2D eigenvalue weighted by atomic mass is 32.3. The Morgan fingerprint density at radius 1 is 0.409 bits per heavy atom. The Morgan fingerprint density at radius 3 is 1.00 bits per heavy atom. The first-order valence-electron chi connectivity index (χ1n) is 14.5. The summed E-state index contributed by atoms with van der Waals surface area (Å²) in [5.74, 6) is 1.22. The van der Waals surface area contributed by atoms with Crippen LogP contribution < -0.4 is 36.6 Å². The molecule has 1 heterocycles. The lowest BCUT2D eigenvalue weighted by Gasteiger charge is -2.41. The van der Waals surface area contributed by atoms with Crippen molar-refractivity contribution in [3.05, 3.63) is 158 Å². The largest absolute Gasteiger partial charge is 0.453 e. The second-order valence-corrected chi connectivity index (χ2v) is 20.2. The lowest BCUT2D eigenvalue weighted by Crippen LogP contribution is -2.30. The Labute approximate surface area is 260 Å². The minimum absolute atomic E-state index is 0.608. The lowest BCUT2D eigenvalue weighted by atomic mass is 10.3. The first-order chi connectivity index (χ1) is 21.4. The molecule has 0 N–H and O–H groups in total. The molecule has 0 amide bonds. The number of ether oxygens (including phenoxy) is 1. The van der Waals surface area contributed by atoms with Crippen molar-refractivity contribution in [1.29, 1.82) is 0 Å². The lowest BCUT2D eigenvalue weighted by molar-refractivity contribution is 0.459. The van der Waals surface area contributed by atoms with E-state index in [-0.39, 0.29) is 0 Å². The monoisotopic (exact) mass is 630 g/mol. The van der Waals surface area contributed by atoms with Gasteiger partial charge < -0.3 is 13.9 Å². The molecule has 0 aliphatic carbocycles. The van der Waals surface area contributed by atoms with Gasteiger partial charge in [0.2, 0.25) is 0 Å². The van der Waals surface area contributed by atoms with E-state index < -0.39 is 24.3 Å².